The second-order valence-electron chi connectivity index (χ2n) is 4.64. The van der Waals surface area contributed by atoms with Crippen molar-refractivity contribution in [2.24, 2.45) is 5.73 Å². The van der Waals surface area contributed by atoms with Gasteiger partial charge in [0, 0.05) is 18.8 Å². The van der Waals surface area contributed by atoms with E-state index in [2.05, 4.69) is 10.3 Å². The molecule has 0 spiro atoms. The number of rotatable bonds is 4. The van der Waals surface area contributed by atoms with E-state index in [0.717, 1.165) is 18.5 Å². The third-order valence-corrected chi connectivity index (χ3v) is 3.19. The van der Waals surface area contributed by atoms with Crippen molar-refractivity contribution in [3.05, 3.63) is 18.2 Å². The average Bonchev–Trinajstić information content (AvgIpc) is 2.78. The van der Waals surface area contributed by atoms with Crippen molar-refractivity contribution in [1.82, 2.24) is 14.9 Å². The molecule has 1 amide bonds. The Hall–Kier alpha value is -1.36. The van der Waals surface area contributed by atoms with Gasteiger partial charge in [-0.2, -0.15) is 0 Å². The van der Waals surface area contributed by atoms with Crippen LogP contribution in [0.5, 0.6) is 0 Å². The molecule has 2 rings (SSSR count). The summed E-state index contributed by atoms with van der Waals surface area (Å²) in [7, 11) is 0. The molecule has 0 atom stereocenters. The topological polar surface area (TPSA) is 72.9 Å². The third-order valence-electron chi connectivity index (χ3n) is 3.19. The lowest BCUT2D eigenvalue weighted by Gasteiger charge is -2.22. The second-order valence-corrected chi connectivity index (χ2v) is 4.64. The van der Waals surface area contributed by atoms with Gasteiger partial charge in [0.05, 0.1) is 12.0 Å². The van der Waals surface area contributed by atoms with Crippen molar-refractivity contribution in [3.63, 3.8) is 0 Å². The number of carbonyl (C=O) groups is 1. The molecule has 5 nitrogen and oxygen atoms in total. The summed E-state index contributed by atoms with van der Waals surface area (Å²) in [6.07, 6.45) is 9.46. The van der Waals surface area contributed by atoms with Gasteiger partial charge in [0.25, 0.3) is 0 Å². The first-order valence-corrected chi connectivity index (χ1v) is 6.28. The Morgan fingerprint density at radius 2 is 2.24 bits per heavy atom. The lowest BCUT2D eigenvalue weighted by molar-refractivity contribution is -0.122. The average molecular weight is 236 g/mol. The molecule has 0 radical (unpaired) electrons. The molecule has 94 valence electrons. The summed E-state index contributed by atoms with van der Waals surface area (Å²) >= 11 is 0. The summed E-state index contributed by atoms with van der Waals surface area (Å²) in [4.78, 5) is 15.9. The first-order valence-electron chi connectivity index (χ1n) is 6.28. The van der Waals surface area contributed by atoms with Crippen LogP contribution in [0.25, 0.3) is 0 Å². The number of carbonyl (C=O) groups excluding carboxylic acids is 1. The first-order chi connectivity index (χ1) is 8.28. The van der Waals surface area contributed by atoms with Gasteiger partial charge in [-0.3, -0.25) is 4.79 Å². The number of nitrogens with one attached hydrogen (secondary N) is 1. The SMILES string of the molecule is NCc1cn(CC(=O)NC2CCCCC2)cn1. The van der Waals surface area contributed by atoms with Crippen LogP contribution in [0, 0.1) is 0 Å². The van der Waals surface area contributed by atoms with Gasteiger partial charge >= 0.3 is 0 Å². The number of aromatic nitrogens is 2. The van der Waals surface area contributed by atoms with Crippen molar-refractivity contribution in [3.8, 4) is 0 Å². The Bertz CT molecular complexity index is 368. The summed E-state index contributed by atoms with van der Waals surface area (Å²) in [6, 6.07) is 0.369. The molecule has 1 saturated carbocycles. The highest BCUT2D eigenvalue weighted by atomic mass is 16.2. The van der Waals surface area contributed by atoms with Gasteiger partial charge in [-0.25, -0.2) is 4.98 Å². The van der Waals surface area contributed by atoms with E-state index in [-0.39, 0.29) is 5.91 Å². The predicted molar refractivity (Wildman–Crippen MR) is 65.1 cm³/mol. The lowest BCUT2D eigenvalue weighted by Crippen LogP contribution is -2.38. The van der Waals surface area contributed by atoms with Crippen LogP contribution >= 0.6 is 0 Å². The maximum absolute atomic E-state index is 11.8. The Morgan fingerprint density at radius 3 is 2.88 bits per heavy atom. The van der Waals surface area contributed by atoms with Crippen LogP contribution in [0.1, 0.15) is 37.8 Å². The number of hydrogen-bond acceptors (Lipinski definition) is 3. The van der Waals surface area contributed by atoms with Crippen molar-refractivity contribution >= 4 is 5.91 Å². The Labute approximate surface area is 101 Å². The van der Waals surface area contributed by atoms with E-state index in [4.69, 9.17) is 5.73 Å². The van der Waals surface area contributed by atoms with Crippen LogP contribution < -0.4 is 11.1 Å². The van der Waals surface area contributed by atoms with E-state index in [1.807, 2.05) is 6.20 Å². The minimum absolute atomic E-state index is 0.0675. The molecule has 1 aromatic heterocycles. The summed E-state index contributed by atoms with van der Waals surface area (Å²) in [6.45, 7) is 0.751. The fraction of sp³-hybridized carbons (Fsp3) is 0.667. The normalized spacial score (nSPS) is 17.0. The number of hydrogen-bond donors (Lipinski definition) is 2. The van der Waals surface area contributed by atoms with E-state index in [0.29, 0.717) is 19.1 Å². The smallest absolute Gasteiger partial charge is 0.240 e. The molecule has 1 aromatic rings. The molecule has 0 aliphatic heterocycles. The van der Waals surface area contributed by atoms with Crippen molar-refractivity contribution in [2.75, 3.05) is 0 Å². The van der Waals surface area contributed by atoms with Gasteiger partial charge in [-0.05, 0) is 12.8 Å². The zero-order valence-corrected chi connectivity index (χ0v) is 10.1. The van der Waals surface area contributed by atoms with Crippen LogP contribution in [0.3, 0.4) is 0 Å². The Morgan fingerprint density at radius 1 is 1.47 bits per heavy atom. The van der Waals surface area contributed by atoms with Crippen molar-refractivity contribution in [2.45, 2.75) is 51.2 Å². The number of nitrogens with two attached hydrogens (primary N) is 1. The van der Waals surface area contributed by atoms with E-state index in [1.165, 1.54) is 19.3 Å². The highest BCUT2D eigenvalue weighted by Gasteiger charge is 2.15. The molecule has 17 heavy (non-hydrogen) atoms. The summed E-state index contributed by atoms with van der Waals surface area (Å²) < 4.78 is 1.78. The monoisotopic (exact) mass is 236 g/mol. The van der Waals surface area contributed by atoms with Gasteiger partial charge in [-0.15, -0.1) is 0 Å². The van der Waals surface area contributed by atoms with Crippen LogP contribution in [-0.4, -0.2) is 21.5 Å². The van der Waals surface area contributed by atoms with Gasteiger partial charge < -0.3 is 15.6 Å². The third kappa shape index (κ3) is 3.56. The minimum Gasteiger partial charge on any atom is -0.352 e. The van der Waals surface area contributed by atoms with Crippen LogP contribution in [0.2, 0.25) is 0 Å². The van der Waals surface area contributed by atoms with Gasteiger partial charge in [0.2, 0.25) is 5.91 Å². The number of nitrogens with zero attached hydrogens (tertiary/aromatic N) is 2. The molecule has 0 aromatic carbocycles. The second kappa shape index (κ2) is 5.82. The summed E-state index contributed by atoms with van der Waals surface area (Å²) in [5.41, 5.74) is 6.28. The molecule has 0 saturated heterocycles. The standard InChI is InChI=1S/C12H20N4O/c13-6-11-7-16(9-14-11)8-12(17)15-10-4-2-1-3-5-10/h7,9-10H,1-6,8,13H2,(H,15,17). The maximum atomic E-state index is 11.8. The lowest BCUT2D eigenvalue weighted by atomic mass is 9.95. The molecule has 1 heterocycles. The van der Waals surface area contributed by atoms with E-state index >= 15 is 0 Å². The maximum Gasteiger partial charge on any atom is 0.240 e. The Balaban J connectivity index is 1.79. The van der Waals surface area contributed by atoms with Crippen molar-refractivity contribution < 1.29 is 4.79 Å². The predicted octanol–water partition coefficient (Wildman–Crippen LogP) is 0.791. The summed E-state index contributed by atoms with van der Waals surface area (Å²) in [5, 5.41) is 3.08. The molecule has 1 aliphatic carbocycles. The van der Waals surface area contributed by atoms with Gasteiger partial charge in [0.15, 0.2) is 0 Å². The van der Waals surface area contributed by atoms with Gasteiger partial charge in [0.1, 0.15) is 6.54 Å². The molecule has 5 heteroatoms. The fourth-order valence-electron chi connectivity index (χ4n) is 2.28. The van der Waals surface area contributed by atoms with Crippen LogP contribution in [-0.2, 0) is 17.9 Å². The number of imidazole rings is 1. The Kier molecular flexibility index (Phi) is 4.14. The van der Waals surface area contributed by atoms with E-state index in [9.17, 15) is 4.79 Å². The van der Waals surface area contributed by atoms with Gasteiger partial charge in [-0.1, -0.05) is 19.3 Å². The molecule has 1 aliphatic rings. The fourth-order valence-corrected chi connectivity index (χ4v) is 2.28. The van der Waals surface area contributed by atoms with E-state index < -0.39 is 0 Å². The quantitative estimate of drug-likeness (QED) is 0.811. The molecular weight excluding hydrogens is 216 g/mol. The molecule has 0 bridgehead atoms. The molecule has 3 N–H and O–H groups in total. The van der Waals surface area contributed by atoms with Crippen LogP contribution in [0.4, 0.5) is 0 Å². The zero-order valence-electron chi connectivity index (χ0n) is 10.1. The number of amides is 1. The highest BCUT2D eigenvalue weighted by Crippen LogP contribution is 2.17. The summed E-state index contributed by atoms with van der Waals surface area (Å²) in [5.74, 6) is 0.0675. The van der Waals surface area contributed by atoms with Crippen LogP contribution in [0.15, 0.2) is 12.5 Å². The first kappa shape index (κ1) is 12.1. The minimum atomic E-state index is 0.0675. The molecular formula is C12H20N4O. The molecule has 0 unspecified atom stereocenters. The molecule has 1 fully saturated rings. The van der Waals surface area contributed by atoms with E-state index in [1.54, 1.807) is 10.9 Å². The zero-order chi connectivity index (χ0) is 12.1. The highest BCUT2D eigenvalue weighted by molar-refractivity contribution is 5.76. The largest absolute Gasteiger partial charge is 0.352 e. The van der Waals surface area contributed by atoms with Crippen molar-refractivity contribution in [1.29, 1.82) is 0 Å².